The van der Waals surface area contributed by atoms with E-state index in [0.29, 0.717) is 5.82 Å². The number of amides is 1. The van der Waals surface area contributed by atoms with E-state index in [1.54, 1.807) is 0 Å². The molecule has 0 aliphatic heterocycles. The molecule has 0 bridgehead atoms. The predicted octanol–water partition coefficient (Wildman–Crippen LogP) is 2.10. The van der Waals surface area contributed by atoms with E-state index in [1.165, 1.54) is 41.9 Å². The molecule has 7 nitrogen and oxygen atoms in total. The molecule has 0 saturated heterocycles. The highest BCUT2D eigenvalue weighted by Crippen LogP contribution is 2.20. The highest BCUT2D eigenvalue weighted by atomic mass is 35.5. The van der Waals surface area contributed by atoms with Gasteiger partial charge in [0.1, 0.15) is 30.6 Å². The molecule has 0 fully saturated rings. The number of carbonyl (C=O) groups is 1. The Kier molecular flexibility index (Phi) is 3.75. The van der Waals surface area contributed by atoms with Gasteiger partial charge in [-0.2, -0.15) is 5.10 Å². The molecule has 0 unspecified atom stereocenters. The van der Waals surface area contributed by atoms with E-state index in [-0.39, 0.29) is 16.4 Å². The van der Waals surface area contributed by atoms with Gasteiger partial charge >= 0.3 is 0 Å². The zero-order valence-corrected chi connectivity index (χ0v) is 11.7. The van der Waals surface area contributed by atoms with Crippen LogP contribution in [0.4, 0.5) is 10.2 Å². The van der Waals surface area contributed by atoms with Crippen LogP contribution in [0.5, 0.6) is 0 Å². The summed E-state index contributed by atoms with van der Waals surface area (Å²) in [5.74, 6) is -0.825. The summed E-state index contributed by atoms with van der Waals surface area (Å²) in [5.41, 5.74) is -0.245. The van der Waals surface area contributed by atoms with Crippen molar-refractivity contribution in [3.05, 3.63) is 59.7 Å². The van der Waals surface area contributed by atoms with Crippen LogP contribution in [0.3, 0.4) is 0 Å². The largest absolute Gasteiger partial charge is 0.306 e. The molecule has 1 aromatic carbocycles. The van der Waals surface area contributed by atoms with Gasteiger partial charge in [-0.15, -0.1) is 0 Å². The predicted molar refractivity (Wildman–Crippen MR) is 76.3 cm³/mol. The second kappa shape index (κ2) is 5.86. The Balaban J connectivity index is 1.87. The molecule has 3 rings (SSSR count). The zero-order valence-electron chi connectivity index (χ0n) is 10.9. The van der Waals surface area contributed by atoms with E-state index in [0.717, 1.165) is 6.07 Å². The van der Waals surface area contributed by atoms with Gasteiger partial charge in [-0.1, -0.05) is 17.7 Å². The highest BCUT2D eigenvalue weighted by molar-refractivity contribution is 6.34. The topological polar surface area (TPSA) is 85.6 Å². The fourth-order valence-electron chi connectivity index (χ4n) is 1.76. The molecular formula is C13H8ClFN6O. The van der Waals surface area contributed by atoms with Crippen LogP contribution in [0.1, 0.15) is 10.4 Å². The SMILES string of the molecule is O=C(Nc1cc(-n2cncn2)ncn1)c1c(F)cccc1Cl. The van der Waals surface area contributed by atoms with Crippen LogP contribution in [0.2, 0.25) is 5.02 Å². The Hall–Kier alpha value is -2.87. The van der Waals surface area contributed by atoms with Crippen LogP contribution < -0.4 is 5.32 Å². The van der Waals surface area contributed by atoms with Crippen molar-refractivity contribution in [3.63, 3.8) is 0 Å². The van der Waals surface area contributed by atoms with Crippen molar-refractivity contribution in [2.75, 3.05) is 5.32 Å². The third-order valence-corrected chi connectivity index (χ3v) is 3.05. The third kappa shape index (κ3) is 2.77. The van der Waals surface area contributed by atoms with Crippen molar-refractivity contribution in [2.45, 2.75) is 0 Å². The van der Waals surface area contributed by atoms with Crippen LogP contribution in [-0.2, 0) is 0 Å². The van der Waals surface area contributed by atoms with E-state index in [2.05, 4.69) is 25.4 Å². The number of hydrogen-bond donors (Lipinski definition) is 1. The van der Waals surface area contributed by atoms with Crippen molar-refractivity contribution in [3.8, 4) is 5.82 Å². The van der Waals surface area contributed by atoms with Crippen molar-refractivity contribution >= 4 is 23.3 Å². The normalized spacial score (nSPS) is 10.5. The number of nitrogens with zero attached hydrogens (tertiary/aromatic N) is 5. The number of halogens is 2. The summed E-state index contributed by atoms with van der Waals surface area (Å²) < 4.78 is 15.1. The van der Waals surface area contributed by atoms with Gasteiger partial charge in [-0.05, 0) is 12.1 Å². The maximum atomic E-state index is 13.7. The molecule has 0 spiro atoms. The smallest absolute Gasteiger partial charge is 0.261 e. The molecule has 110 valence electrons. The van der Waals surface area contributed by atoms with Crippen LogP contribution >= 0.6 is 11.6 Å². The molecule has 3 aromatic rings. The molecule has 9 heteroatoms. The maximum absolute atomic E-state index is 13.7. The molecule has 0 saturated carbocycles. The summed E-state index contributed by atoms with van der Waals surface area (Å²) in [4.78, 5) is 23.8. The highest BCUT2D eigenvalue weighted by Gasteiger charge is 2.16. The van der Waals surface area contributed by atoms with E-state index >= 15 is 0 Å². The Morgan fingerprint density at radius 1 is 1.27 bits per heavy atom. The lowest BCUT2D eigenvalue weighted by Crippen LogP contribution is -2.16. The van der Waals surface area contributed by atoms with E-state index in [4.69, 9.17) is 11.6 Å². The summed E-state index contributed by atoms with van der Waals surface area (Å²) >= 11 is 5.85. The summed E-state index contributed by atoms with van der Waals surface area (Å²) in [7, 11) is 0. The second-order valence-electron chi connectivity index (χ2n) is 4.15. The van der Waals surface area contributed by atoms with Crippen LogP contribution in [0.25, 0.3) is 5.82 Å². The van der Waals surface area contributed by atoms with Crippen LogP contribution in [-0.4, -0.2) is 30.6 Å². The quantitative estimate of drug-likeness (QED) is 0.799. The summed E-state index contributed by atoms with van der Waals surface area (Å²) in [6, 6.07) is 5.48. The fraction of sp³-hybridized carbons (Fsp3) is 0. The summed E-state index contributed by atoms with van der Waals surface area (Å²) in [6.45, 7) is 0. The standard InChI is InChI=1S/C13H8ClFN6O/c14-8-2-1-3-9(15)12(8)13(22)20-10-4-11(18-6-17-10)21-7-16-5-19-21/h1-7H,(H,17,18,20,22). The first-order valence-electron chi connectivity index (χ1n) is 6.07. The first-order chi connectivity index (χ1) is 10.6. The first-order valence-corrected chi connectivity index (χ1v) is 6.45. The van der Waals surface area contributed by atoms with Crippen LogP contribution in [0.15, 0.2) is 43.2 Å². The van der Waals surface area contributed by atoms with Gasteiger partial charge in [0.05, 0.1) is 10.6 Å². The molecule has 0 radical (unpaired) electrons. The van der Waals surface area contributed by atoms with Crippen molar-refractivity contribution < 1.29 is 9.18 Å². The minimum absolute atomic E-state index is 0.0167. The average Bonchev–Trinajstić information content (AvgIpc) is 3.01. The molecule has 2 aromatic heterocycles. The Morgan fingerprint density at radius 2 is 2.14 bits per heavy atom. The second-order valence-corrected chi connectivity index (χ2v) is 4.56. The molecular weight excluding hydrogens is 311 g/mol. The minimum Gasteiger partial charge on any atom is -0.306 e. The number of aromatic nitrogens is 5. The zero-order chi connectivity index (χ0) is 15.5. The van der Waals surface area contributed by atoms with Gasteiger partial charge in [0, 0.05) is 6.07 Å². The van der Waals surface area contributed by atoms with E-state index < -0.39 is 11.7 Å². The van der Waals surface area contributed by atoms with Crippen molar-refractivity contribution in [2.24, 2.45) is 0 Å². The Bertz CT molecular complexity index is 803. The first kappa shape index (κ1) is 14.1. The number of benzene rings is 1. The molecule has 0 aliphatic carbocycles. The lowest BCUT2D eigenvalue weighted by Gasteiger charge is -2.07. The lowest BCUT2D eigenvalue weighted by atomic mass is 10.2. The molecule has 0 aliphatic rings. The Morgan fingerprint density at radius 3 is 2.86 bits per heavy atom. The molecule has 2 heterocycles. The van der Waals surface area contributed by atoms with E-state index in [9.17, 15) is 9.18 Å². The van der Waals surface area contributed by atoms with Gasteiger partial charge in [0.15, 0.2) is 5.82 Å². The lowest BCUT2D eigenvalue weighted by molar-refractivity contribution is 0.102. The molecule has 22 heavy (non-hydrogen) atoms. The third-order valence-electron chi connectivity index (χ3n) is 2.74. The van der Waals surface area contributed by atoms with E-state index in [1.807, 2.05) is 0 Å². The number of hydrogen-bond acceptors (Lipinski definition) is 5. The van der Waals surface area contributed by atoms with Gasteiger partial charge in [-0.3, -0.25) is 4.79 Å². The fourth-order valence-corrected chi connectivity index (χ4v) is 2.01. The maximum Gasteiger partial charge on any atom is 0.261 e. The average molecular weight is 319 g/mol. The molecule has 1 amide bonds. The van der Waals surface area contributed by atoms with Crippen molar-refractivity contribution in [1.29, 1.82) is 0 Å². The monoisotopic (exact) mass is 318 g/mol. The number of anilines is 1. The summed E-state index contributed by atoms with van der Waals surface area (Å²) in [5, 5.41) is 6.40. The molecule has 1 N–H and O–H groups in total. The van der Waals surface area contributed by atoms with Crippen LogP contribution in [0, 0.1) is 5.82 Å². The molecule has 0 atom stereocenters. The number of nitrogens with one attached hydrogen (secondary N) is 1. The van der Waals surface area contributed by atoms with Crippen molar-refractivity contribution in [1.82, 2.24) is 24.7 Å². The summed E-state index contributed by atoms with van der Waals surface area (Å²) in [6.07, 6.45) is 4.04. The van der Waals surface area contributed by atoms with Gasteiger partial charge in [0.2, 0.25) is 0 Å². The number of carbonyl (C=O) groups excluding carboxylic acids is 1. The van der Waals surface area contributed by atoms with Gasteiger partial charge in [0.25, 0.3) is 5.91 Å². The van der Waals surface area contributed by atoms with Gasteiger partial charge in [-0.25, -0.2) is 24.0 Å². The number of rotatable bonds is 3. The van der Waals surface area contributed by atoms with Gasteiger partial charge < -0.3 is 5.32 Å². The minimum atomic E-state index is -0.712. The Labute approximate surface area is 128 Å².